The topological polar surface area (TPSA) is 25.8 Å². The molecule has 5 heteroatoms. The lowest BCUT2D eigenvalue weighted by Gasteiger charge is -2.31. The van der Waals surface area contributed by atoms with Gasteiger partial charge < -0.3 is 0 Å². The summed E-state index contributed by atoms with van der Waals surface area (Å²) in [5.41, 5.74) is 0.654. The van der Waals surface area contributed by atoms with Gasteiger partial charge in [-0.2, -0.15) is 0 Å². The molecule has 134 valence electrons. The summed E-state index contributed by atoms with van der Waals surface area (Å²) in [5.74, 6) is 0. The molecule has 0 saturated carbocycles. The third kappa shape index (κ3) is 9.35. The van der Waals surface area contributed by atoms with E-state index < -0.39 is 0 Å². The van der Waals surface area contributed by atoms with E-state index in [1.807, 2.05) is 23.5 Å². The standard InChI is InChI=1S/C18H34N2S3/c1-15(2,3)11-17(7,8)22-13-19-20-14(21-13)23-18(9,10)12-16(4,5)6/h11-12H2,1-10H3. The summed E-state index contributed by atoms with van der Waals surface area (Å²) in [5, 5.41) is 8.85. The van der Waals surface area contributed by atoms with E-state index in [1.54, 1.807) is 11.3 Å². The second kappa shape index (κ2) is 7.25. The molecule has 1 rings (SSSR count). The van der Waals surface area contributed by atoms with Crippen molar-refractivity contribution in [2.45, 2.75) is 100 Å². The first-order valence-electron chi connectivity index (χ1n) is 8.29. The molecule has 2 nitrogen and oxygen atoms in total. The molecule has 1 aromatic heterocycles. The van der Waals surface area contributed by atoms with Crippen molar-refractivity contribution < 1.29 is 0 Å². The molecule has 0 radical (unpaired) electrons. The van der Waals surface area contributed by atoms with E-state index in [0.717, 1.165) is 21.5 Å². The minimum Gasteiger partial charge on any atom is -0.131 e. The Morgan fingerprint density at radius 1 is 0.652 bits per heavy atom. The quantitative estimate of drug-likeness (QED) is 0.494. The lowest BCUT2D eigenvalue weighted by atomic mass is 9.86. The molecular formula is C18H34N2S3. The van der Waals surface area contributed by atoms with E-state index in [2.05, 4.69) is 79.4 Å². The molecule has 0 aromatic carbocycles. The van der Waals surface area contributed by atoms with Crippen LogP contribution in [0, 0.1) is 10.8 Å². The van der Waals surface area contributed by atoms with Gasteiger partial charge in [-0.3, -0.25) is 0 Å². The molecule has 23 heavy (non-hydrogen) atoms. The van der Waals surface area contributed by atoms with Crippen molar-refractivity contribution in [3.8, 4) is 0 Å². The van der Waals surface area contributed by atoms with Crippen LogP contribution in [0.2, 0.25) is 0 Å². The number of rotatable bonds is 6. The molecule has 0 spiro atoms. The summed E-state index contributed by atoms with van der Waals surface area (Å²) < 4.78 is 2.54. The maximum atomic E-state index is 4.42. The molecule has 0 aliphatic heterocycles. The van der Waals surface area contributed by atoms with Crippen LogP contribution in [0.3, 0.4) is 0 Å². The van der Waals surface area contributed by atoms with Gasteiger partial charge in [0.2, 0.25) is 0 Å². The first kappa shape index (κ1) is 21.3. The fourth-order valence-electron chi connectivity index (χ4n) is 3.38. The van der Waals surface area contributed by atoms with Crippen LogP contribution in [0.4, 0.5) is 0 Å². The molecule has 0 atom stereocenters. The number of hydrogen-bond acceptors (Lipinski definition) is 5. The lowest BCUT2D eigenvalue weighted by Crippen LogP contribution is -2.23. The summed E-state index contributed by atoms with van der Waals surface area (Å²) >= 11 is 5.47. The van der Waals surface area contributed by atoms with Crippen molar-refractivity contribution in [3.05, 3.63) is 0 Å². The van der Waals surface area contributed by atoms with Crippen LogP contribution in [0.15, 0.2) is 8.68 Å². The van der Waals surface area contributed by atoms with Crippen LogP contribution in [-0.4, -0.2) is 19.7 Å². The van der Waals surface area contributed by atoms with E-state index in [4.69, 9.17) is 0 Å². The van der Waals surface area contributed by atoms with Gasteiger partial charge in [0, 0.05) is 9.49 Å². The average Bonchev–Trinajstić information content (AvgIpc) is 2.54. The number of nitrogens with zero attached hydrogens (tertiary/aromatic N) is 2. The predicted octanol–water partition coefficient (Wildman–Crippen LogP) is 7.15. The van der Waals surface area contributed by atoms with Crippen LogP contribution < -0.4 is 0 Å². The second-order valence-corrected chi connectivity index (χ2v) is 14.9. The Labute approximate surface area is 156 Å². The largest absolute Gasteiger partial charge is 0.175 e. The van der Waals surface area contributed by atoms with Gasteiger partial charge in [0.05, 0.1) is 0 Å². The maximum absolute atomic E-state index is 4.42. The van der Waals surface area contributed by atoms with E-state index in [-0.39, 0.29) is 9.49 Å². The Morgan fingerprint density at radius 3 is 1.22 bits per heavy atom. The first-order valence-corrected chi connectivity index (χ1v) is 10.7. The molecule has 0 amide bonds. The van der Waals surface area contributed by atoms with Gasteiger partial charge in [0.15, 0.2) is 8.68 Å². The Hall–Kier alpha value is 0.260. The average molecular weight is 375 g/mol. The van der Waals surface area contributed by atoms with Crippen molar-refractivity contribution in [1.29, 1.82) is 0 Å². The molecule has 1 heterocycles. The van der Waals surface area contributed by atoms with Crippen molar-refractivity contribution >= 4 is 34.9 Å². The molecule has 0 N–H and O–H groups in total. The highest BCUT2D eigenvalue weighted by atomic mass is 32.2. The van der Waals surface area contributed by atoms with Gasteiger partial charge in [0.1, 0.15) is 0 Å². The Balaban J connectivity index is 2.71. The molecular weight excluding hydrogens is 340 g/mol. The zero-order valence-corrected chi connectivity index (χ0v) is 19.0. The van der Waals surface area contributed by atoms with Crippen LogP contribution in [-0.2, 0) is 0 Å². The molecule has 0 bridgehead atoms. The Kier molecular flexibility index (Phi) is 6.71. The number of aromatic nitrogens is 2. The van der Waals surface area contributed by atoms with Gasteiger partial charge in [-0.1, -0.05) is 104 Å². The van der Waals surface area contributed by atoms with Gasteiger partial charge >= 0.3 is 0 Å². The zero-order chi connectivity index (χ0) is 18.1. The fourth-order valence-corrected chi connectivity index (χ4v) is 8.13. The minimum absolute atomic E-state index is 0.181. The van der Waals surface area contributed by atoms with Gasteiger partial charge in [-0.05, 0) is 23.7 Å². The SMILES string of the molecule is CC(C)(C)CC(C)(C)Sc1nnc(SC(C)(C)CC(C)(C)C)s1. The van der Waals surface area contributed by atoms with Crippen molar-refractivity contribution in [1.82, 2.24) is 10.2 Å². The van der Waals surface area contributed by atoms with Crippen LogP contribution in [0.25, 0.3) is 0 Å². The molecule has 1 aromatic rings. The van der Waals surface area contributed by atoms with Gasteiger partial charge in [-0.25, -0.2) is 0 Å². The summed E-state index contributed by atoms with van der Waals surface area (Å²) in [4.78, 5) is 0. The van der Waals surface area contributed by atoms with Crippen molar-refractivity contribution in [3.63, 3.8) is 0 Å². The summed E-state index contributed by atoms with van der Waals surface area (Å²) in [6.45, 7) is 23.0. The molecule has 0 saturated heterocycles. The molecule has 0 fully saturated rings. The number of hydrogen-bond donors (Lipinski definition) is 0. The third-order valence-electron chi connectivity index (χ3n) is 3.03. The van der Waals surface area contributed by atoms with Gasteiger partial charge in [0.25, 0.3) is 0 Å². The number of thioether (sulfide) groups is 2. The maximum Gasteiger partial charge on any atom is 0.175 e. The smallest absolute Gasteiger partial charge is 0.131 e. The highest BCUT2D eigenvalue weighted by molar-refractivity contribution is 8.04. The highest BCUT2D eigenvalue weighted by Gasteiger charge is 2.30. The van der Waals surface area contributed by atoms with E-state index in [9.17, 15) is 0 Å². The van der Waals surface area contributed by atoms with Crippen LogP contribution in [0.1, 0.15) is 82.1 Å². The van der Waals surface area contributed by atoms with E-state index in [1.165, 1.54) is 0 Å². The third-order valence-corrected chi connectivity index (χ3v) is 6.45. The molecule has 0 unspecified atom stereocenters. The lowest BCUT2D eigenvalue weighted by molar-refractivity contribution is 0.339. The first-order chi connectivity index (χ1) is 10.1. The zero-order valence-electron chi connectivity index (χ0n) is 16.5. The fraction of sp³-hybridized carbons (Fsp3) is 0.889. The van der Waals surface area contributed by atoms with Crippen molar-refractivity contribution in [2.75, 3.05) is 0 Å². The minimum atomic E-state index is 0.181. The Bertz CT molecular complexity index is 461. The van der Waals surface area contributed by atoms with E-state index in [0.29, 0.717) is 10.8 Å². The van der Waals surface area contributed by atoms with Crippen LogP contribution in [0.5, 0.6) is 0 Å². The normalized spacial score (nSPS) is 14.3. The van der Waals surface area contributed by atoms with Crippen LogP contribution >= 0.6 is 34.9 Å². The predicted molar refractivity (Wildman–Crippen MR) is 108 cm³/mol. The summed E-state index contributed by atoms with van der Waals surface area (Å²) in [7, 11) is 0. The van der Waals surface area contributed by atoms with E-state index >= 15 is 0 Å². The monoisotopic (exact) mass is 374 g/mol. The summed E-state index contributed by atoms with van der Waals surface area (Å²) in [6.07, 6.45) is 2.31. The van der Waals surface area contributed by atoms with Gasteiger partial charge in [-0.15, -0.1) is 10.2 Å². The summed E-state index contributed by atoms with van der Waals surface area (Å²) in [6, 6.07) is 0. The molecule has 0 aliphatic carbocycles. The second-order valence-electron chi connectivity index (χ2n) is 10.0. The molecule has 0 aliphatic rings. The van der Waals surface area contributed by atoms with Crippen molar-refractivity contribution in [2.24, 2.45) is 10.8 Å². The highest BCUT2D eigenvalue weighted by Crippen LogP contribution is 2.45. The Morgan fingerprint density at radius 2 is 0.957 bits per heavy atom.